The summed E-state index contributed by atoms with van der Waals surface area (Å²) in [5.74, 6) is -0.257. The molecule has 13 heteroatoms. The first-order chi connectivity index (χ1) is 13.3. The van der Waals surface area contributed by atoms with Crippen LogP contribution in [-0.2, 0) is 16.4 Å². The Balaban J connectivity index is 0.00000240. The van der Waals surface area contributed by atoms with Crippen molar-refractivity contribution >= 4 is 67.7 Å². The number of hydrazone groups is 1. The maximum absolute atomic E-state index is 13.2. The zero-order valence-electron chi connectivity index (χ0n) is 15.1. The molecule has 0 fully saturated rings. The largest absolute Gasteiger partial charge is 0.369 e. The van der Waals surface area contributed by atoms with Gasteiger partial charge in [-0.05, 0) is 30.5 Å². The third-order valence-corrected chi connectivity index (χ3v) is 7.44. The Hall–Kier alpha value is -2.34. The Morgan fingerprint density at radius 2 is 2.21 bits per heavy atom. The van der Waals surface area contributed by atoms with Crippen LogP contribution in [0.4, 0.5) is 5.69 Å². The lowest BCUT2D eigenvalue weighted by Crippen LogP contribution is -2.28. The summed E-state index contributed by atoms with van der Waals surface area (Å²) in [6, 6.07) is 5.39. The van der Waals surface area contributed by atoms with Gasteiger partial charge >= 0.3 is 0 Å². The van der Waals surface area contributed by atoms with Crippen LogP contribution in [0.3, 0.4) is 0 Å². The van der Waals surface area contributed by atoms with Gasteiger partial charge in [-0.1, -0.05) is 17.7 Å². The molecule has 0 saturated carbocycles. The molecule has 0 spiro atoms. The minimum atomic E-state index is -3.94. The Morgan fingerprint density at radius 1 is 1.45 bits per heavy atom. The standard InChI is InChI=1S/C16H16ClN7O2S2.ClH/c1-23(28(25,26)14-13(17)20-16-24(14)6-7-27-16)10-4-2-9-3-5-12(11(9)8-10)21-22-15(18)19;/h2,4,6-8H,3,5H2,1H3,(H4,18,19,22);1H/b21-12+;. The van der Waals surface area contributed by atoms with Crippen LogP contribution in [0.5, 0.6) is 0 Å². The van der Waals surface area contributed by atoms with Crippen LogP contribution in [-0.4, -0.2) is 36.5 Å². The molecule has 0 saturated heterocycles. The number of imidazole rings is 1. The van der Waals surface area contributed by atoms with Crippen LogP contribution in [0.2, 0.25) is 5.15 Å². The van der Waals surface area contributed by atoms with Gasteiger partial charge in [-0.3, -0.25) is 14.1 Å². The van der Waals surface area contributed by atoms with Gasteiger partial charge in [0.1, 0.15) is 0 Å². The van der Waals surface area contributed by atoms with E-state index in [1.807, 2.05) is 6.07 Å². The van der Waals surface area contributed by atoms with Gasteiger partial charge in [0.05, 0.1) is 11.4 Å². The lowest BCUT2D eigenvalue weighted by molar-refractivity contribution is 0.590. The molecule has 1 aromatic carbocycles. The second kappa shape index (κ2) is 7.82. The SMILES string of the molecule is CN(c1ccc2c(c1)/C(=N/NC(=N)N)CC2)S(=O)(=O)c1c(Cl)nc2sccn12.Cl. The molecule has 2 heterocycles. The van der Waals surface area contributed by atoms with Crippen molar-refractivity contribution in [1.29, 1.82) is 5.41 Å². The second-order valence-corrected chi connectivity index (χ2v) is 9.28. The van der Waals surface area contributed by atoms with Crippen molar-refractivity contribution < 1.29 is 8.42 Å². The summed E-state index contributed by atoms with van der Waals surface area (Å²) in [6.45, 7) is 0. The number of nitrogens with zero attached hydrogens (tertiary/aromatic N) is 4. The van der Waals surface area contributed by atoms with E-state index in [1.165, 1.54) is 27.1 Å². The fourth-order valence-electron chi connectivity index (χ4n) is 3.12. The Kier molecular flexibility index (Phi) is 5.77. The number of benzene rings is 1. The van der Waals surface area contributed by atoms with Crippen molar-refractivity contribution in [2.75, 3.05) is 11.4 Å². The van der Waals surface area contributed by atoms with E-state index >= 15 is 0 Å². The van der Waals surface area contributed by atoms with Crippen molar-refractivity contribution in [1.82, 2.24) is 14.8 Å². The van der Waals surface area contributed by atoms with Crippen molar-refractivity contribution in [2.24, 2.45) is 10.8 Å². The molecule has 2 aromatic heterocycles. The third kappa shape index (κ3) is 3.66. The van der Waals surface area contributed by atoms with Crippen molar-refractivity contribution in [3.8, 4) is 0 Å². The summed E-state index contributed by atoms with van der Waals surface area (Å²) in [5.41, 5.74) is 10.8. The molecule has 154 valence electrons. The van der Waals surface area contributed by atoms with Gasteiger partial charge in [0.2, 0.25) is 5.96 Å². The number of guanidine groups is 1. The lowest BCUT2D eigenvalue weighted by atomic mass is 10.1. The number of aryl methyl sites for hydroxylation is 1. The topological polar surface area (TPSA) is 129 Å². The zero-order chi connectivity index (χ0) is 20.1. The fraction of sp³-hybridized carbons (Fsp3) is 0.188. The highest BCUT2D eigenvalue weighted by molar-refractivity contribution is 7.92. The normalized spacial score (nSPS) is 14.6. The van der Waals surface area contributed by atoms with E-state index in [9.17, 15) is 8.42 Å². The van der Waals surface area contributed by atoms with Crippen molar-refractivity contribution in [3.05, 3.63) is 46.1 Å². The molecule has 3 aromatic rings. The summed E-state index contributed by atoms with van der Waals surface area (Å²) in [7, 11) is -2.47. The number of hydrogen-bond acceptors (Lipinski definition) is 6. The maximum atomic E-state index is 13.2. The molecular formula is C16H17Cl2N7O2S2. The number of anilines is 1. The van der Waals surface area contributed by atoms with E-state index in [1.54, 1.807) is 23.7 Å². The first kappa shape index (κ1) is 21.4. The zero-order valence-corrected chi connectivity index (χ0v) is 18.3. The van der Waals surface area contributed by atoms with E-state index in [0.717, 1.165) is 23.3 Å². The van der Waals surface area contributed by atoms with Gasteiger partial charge in [0, 0.05) is 24.2 Å². The number of nitrogens with two attached hydrogens (primary N) is 1. The fourth-order valence-corrected chi connectivity index (χ4v) is 5.71. The highest BCUT2D eigenvalue weighted by Gasteiger charge is 2.30. The smallest absolute Gasteiger partial charge is 0.283 e. The number of hydrogen-bond donors (Lipinski definition) is 3. The monoisotopic (exact) mass is 473 g/mol. The number of sulfonamides is 1. The lowest BCUT2D eigenvalue weighted by Gasteiger charge is -2.20. The number of halogens is 2. The molecule has 0 radical (unpaired) electrons. The molecule has 4 rings (SSSR count). The molecule has 29 heavy (non-hydrogen) atoms. The van der Waals surface area contributed by atoms with Crippen LogP contribution in [0.25, 0.3) is 4.96 Å². The molecule has 0 atom stereocenters. The maximum Gasteiger partial charge on any atom is 0.283 e. The molecule has 0 unspecified atom stereocenters. The first-order valence-electron chi connectivity index (χ1n) is 8.19. The Bertz CT molecular complexity index is 1230. The quantitative estimate of drug-likeness (QED) is 0.304. The summed E-state index contributed by atoms with van der Waals surface area (Å²) in [6.07, 6.45) is 3.09. The van der Waals surface area contributed by atoms with Gasteiger partial charge < -0.3 is 5.73 Å². The highest BCUT2D eigenvalue weighted by atomic mass is 35.5. The number of rotatable bonds is 4. The van der Waals surface area contributed by atoms with E-state index in [2.05, 4.69) is 15.5 Å². The average Bonchev–Trinajstić information content (AvgIpc) is 3.32. The molecule has 0 aliphatic heterocycles. The first-order valence-corrected chi connectivity index (χ1v) is 10.9. The van der Waals surface area contributed by atoms with E-state index in [0.29, 0.717) is 17.1 Å². The minimum absolute atomic E-state index is 0. The molecule has 4 N–H and O–H groups in total. The Labute approximate surface area is 182 Å². The van der Waals surface area contributed by atoms with Gasteiger partial charge in [0.15, 0.2) is 15.1 Å². The van der Waals surface area contributed by atoms with Crippen LogP contribution >= 0.6 is 35.3 Å². The molecule has 1 aliphatic rings. The molecule has 1 aliphatic carbocycles. The summed E-state index contributed by atoms with van der Waals surface area (Å²) >= 11 is 7.43. The van der Waals surface area contributed by atoms with E-state index < -0.39 is 10.0 Å². The van der Waals surface area contributed by atoms with Gasteiger partial charge in [0.25, 0.3) is 10.0 Å². The molecule has 0 bridgehead atoms. The minimum Gasteiger partial charge on any atom is -0.369 e. The van der Waals surface area contributed by atoms with E-state index in [4.69, 9.17) is 22.7 Å². The predicted octanol–water partition coefficient (Wildman–Crippen LogP) is 2.43. The summed E-state index contributed by atoms with van der Waals surface area (Å²) in [5, 5.41) is 13.0. The van der Waals surface area contributed by atoms with E-state index in [-0.39, 0.29) is 28.5 Å². The van der Waals surface area contributed by atoms with Crippen LogP contribution < -0.4 is 15.5 Å². The third-order valence-electron chi connectivity index (χ3n) is 4.49. The van der Waals surface area contributed by atoms with Gasteiger partial charge in [-0.15, -0.1) is 23.7 Å². The summed E-state index contributed by atoms with van der Waals surface area (Å²) < 4.78 is 29.1. The average molecular weight is 474 g/mol. The van der Waals surface area contributed by atoms with Crippen LogP contribution in [0, 0.1) is 5.41 Å². The number of thiazole rings is 1. The molecular weight excluding hydrogens is 457 g/mol. The summed E-state index contributed by atoms with van der Waals surface area (Å²) in [4.78, 5) is 4.62. The number of nitrogens with one attached hydrogen (secondary N) is 2. The molecule has 0 amide bonds. The van der Waals surface area contributed by atoms with Crippen LogP contribution in [0.15, 0.2) is 39.9 Å². The highest BCUT2D eigenvalue weighted by Crippen LogP contribution is 2.32. The second-order valence-electron chi connectivity index (χ2n) is 6.16. The van der Waals surface area contributed by atoms with Gasteiger partial charge in [-0.2, -0.15) is 13.5 Å². The van der Waals surface area contributed by atoms with Crippen molar-refractivity contribution in [2.45, 2.75) is 17.9 Å². The van der Waals surface area contributed by atoms with Gasteiger partial charge in [-0.25, -0.2) is 10.4 Å². The van der Waals surface area contributed by atoms with Crippen molar-refractivity contribution in [3.63, 3.8) is 0 Å². The number of aromatic nitrogens is 2. The Morgan fingerprint density at radius 3 is 2.93 bits per heavy atom. The molecule has 9 nitrogen and oxygen atoms in total. The predicted molar refractivity (Wildman–Crippen MR) is 117 cm³/mol. The number of fused-ring (bicyclic) bond motifs is 2. The van der Waals surface area contributed by atoms with Crippen LogP contribution in [0.1, 0.15) is 17.5 Å².